The SMILES string of the molecule is Cc1cc(C)c(S(=O)(=O)N(CC(=O)N/N=C/c2ccco2)C2CCCCC2)c(C)c1. The molecule has 1 aliphatic carbocycles. The van der Waals surface area contributed by atoms with Gasteiger partial charge in [-0.05, 0) is 56.9 Å². The third-order valence-corrected chi connectivity index (χ3v) is 7.58. The molecule has 0 saturated heterocycles. The van der Waals surface area contributed by atoms with Crippen LogP contribution in [0.1, 0.15) is 54.6 Å². The fourth-order valence-electron chi connectivity index (χ4n) is 4.18. The lowest BCUT2D eigenvalue weighted by atomic mass is 9.95. The van der Waals surface area contributed by atoms with E-state index >= 15 is 0 Å². The summed E-state index contributed by atoms with van der Waals surface area (Å²) in [5.41, 5.74) is 4.83. The Morgan fingerprint density at radius 1 is 1.20 bits per heavy atom. The van der Waals surface area contributed by atoms with Gasteiger partial charge in [-0.1, -0.05) is 37.0 Å². The van der Waals surface area contributed by atoms with Crippen LogP contribution in [-0.2, 0) is 14.8 Å². The number of amides is 1. The van der Waals surface area contributed by atoms with Crippen LogP contribution in [0.2, 0.25) is 0 Å². The van der Waals surface area contributed by atoms with E-state index in [1.165, 1.54) is 16.8 Å². The highest BCUT2D eigenvalue weighted by Gasteiger charge is 2.35. The third kappa shape index (κ3) is 5.17. The molecule has 30 heavy (non-hydrogen) atoms. The van der Waals surface area contributed by atoms with Crippen molar-refractivity contribution >= 4 is 22.1 Å². The molecule has 0 unspecified atom stereocenters. The van der Waals surface area contributed by atoms with Crippen LogP contribution in [0.15, 0.2) is 44.9 Å². The average Bonchev–Trinajstić information content (AvgIpc) is 3.19. The van der Waals surface area contributed by atoms with Crippen molar-refractivity contribution in [3.05, 3.63) is 53.0 Å². The molecule has 1 fully saturated rings. The fraction of sp³-hybridized carbons (Fsp3) is 0.455. The summed E-state index contributed by atoms with van der Waals surface area (Å²) in [6, 6.07) is 6.97. The summed E-state index contributed by atoms with van der Waals surface area (Å²) in [5.74, 6) is 0.0207. The van der Waals surface area contributed by atoms with Crippen LogP contribution in [0.3, 0.4) is 0 Å². The van der Waals surface area contributed by atoms with Crippen molar-refractivity contribution in [2.24, 2.45) is 5.10 Å². The molecule has 0 atom stereocenters. The molecule has 0 radical (unpaired) electrons. The van der Waals surface area contributed by atoms with Gasteiger partial charge < -0.3 is 4.42 Å². The van der Waals surface area contributed by atoms with Gasteiger partial charge in [0.25, 0.3) is 5.91 Å². The van der Waals surface area contributed by atoms with E-state index in [9.17, 15) is 13.2 Å². The number of nitrogens with one attached hydrogen (secondary N) is 1. The summed E-state index contributed by atoms with van der Waals surface area (Å²) in [6.07, 6.45) is 7.41. The first-order valence-corrected chi connectivity index (χ1v) is 11.7. The van der Waals surface area contributed by atoms with E-state index in [0.29, 0.717) is 21.8 Å². The van der Waals surface area contributed by atoms with Gasteiger partial charge in [0.1, 0.15) is 5.76 Å². The van der Waals surface area contributed by atoms with Crippen LogP contribution in [0, 0.1) is 20.8 Å². The molecule has 0 spiro atoms. The van der Waals surface area contributed by atoms with Gasteiger partial charge in [0, 0.05) is 6.04 Å². The molecule has 1 heterocycles. The second-order valence-corrected chi connectivity index (χ2v) is 9.71. The largest absolute Gasteiger partial charge is 0.463 e. The molecular formula is C22H29N3O4S. The van der Waals surface area contributed by atoms with E-state index < -0.39 is 15.9 Å². The predicted octanol–water partition coefficient (Wildman–Crippen LogP) is 3.68. The minimum absolute atomic E-state index is 0.191. The van der Waals surface area contributed by atoms with Crippen molar-refractivity contribution in [2.75, 3.05) is 6.54 Å². The standard InChI is InChI=1S/C22H29N3O4S/c1-16-12-17(2)22(18(3)13-16)30(27,28)25(19-8-5-4-6-9-19)15-21(26)24-23-14-20-10-7-11-29-20/h7,10-14,19H,4-6,8-9,15H2,1-3H3,(H,24,26)/b23-14+. The Morgan fingerprint density at radius 2 is 1.87 bits per heavy atom. The van der Waals surface area contributed by atoms with Crippen molar-refractivity contribution in [1.82, 2.24) is 9.73 Å². The first kappa shape index (κ1) is 22.2. The number of carbonyl (C=O) groups is 1. The summed E-state index contributed by atoms with van der Waals surface area (Å²) >= 11 is 0. The summed E-state index contributed by atoms with van der Waals surface area (Å²) < 4.78 is 33.8. The number of rotatable bonds is 7. The van der Waals surface area contributed by atoms with Gasteiger partial charge in [-0.2, -0.15) is 9.41 Å². The maximum atomic E-state index is 13.7. The van der Waals surface area contributed by atoms with Crippen molar-refractivity contribution < 1.29 is 17.6 Å². The molecule has 1 aliphatic rings. The summed E-state index contributed by atoms with van der Waals surface area (Å²) in [4.78, 5) is 12.9. The Kier molecular flexibility index (Phi) is 7.10. The van der Waals surface area contributed by atoms with Crippen molar-refractivity contribution in [3.8, 4) is 0 Å². The zero-order valence-electron chi connectivity index (χ0n) is 17.7. The van der Waals surface area contributed by atoms with Crippen molar-refractivity contribution in [3.63, 3.8) is 0 Å². The Bertz CT molecular complexity index is 984. The number of hydrazone groups is 1. The van der Waals surface area contributed by atoms with Gasteiger partial charge in [0.05, 0.1) is 23.9 Å². The average molecular weight is 432 g/mol. The van der Waals surface area contributed by atoms with Crippen LogP contribution in [0.5, 0.6) is 0 Å². The van der Waals surface area contributed by atoms with Crippen molar-refractivity contribution in [1.29, 1.82) is 0 Å². The van der Waals surface area contributed by atoms with Gasteiger partial charge in [0.15, 0.2) is 0 Å². The lowest BCUT2D eigenvalue weighted by Crippen LogP contribution is -2.46. The van der Waals surface area contributed by atoms with Gasteiger partial charge in [-0.25, -0.2) is 13.8 Å². The monoisotopic (exact) mass is 431 g/mol. The van der Waals surface area contributed by atoms with Crippen LogP contribution in [0.4, 0.5) is 0 Å². The van der Waals surface area contributed by atoms with E-state index in [1.807, 2.05) is 19.1 Å². The van der Waals surface area contributed by atoms with Gasteiger partial charge in [0.2, 0.25) is 10.0 Å². The van der Waals surface area contributed by atoms with Crippen LogP contribution >= 0.6 is 0 Å². The Balaban J connectivity index is 1.86. The molecule has 3 rings (SSSR count). The Labute approximate surface area is 178 Å². The Hall–Kier alpha value is -2.45. The highest BCUT2D eigenvalue weighted by atomic mass is 32.2. The molecule has 1 N–H and O–H groups in total. The van der Waals surface area contributed by atoms with Gasteiger partial charge in [-0.15, -0.1) is 0 Å². The zero-order valence-corrected chi connectivity index (χ0v) is 18.5. The molecule has 1 aromatic carbocycles. The van der Waals surface area contributed by atoms with E-state index in [2.05, 4.69) is 10.5 Å². The second kappa shape index (κ2) is 9.57. The highest BCUT2D eigenvalue weighted by molar-refractivity contribution is 7.89. The molecule has 1 aromatic heterocycles. The van der Waals surface area contributed by atoms with Crippen LogP contribution in [0.25, 0.3) is 0 Å². The minimum Gasteiger partial charge on any atom is -0.463 e. The fourth-order valence-corrected chi connectivity index (χ4v) is 6.24. The number of aryl methyl sites for hydroxylation is 3. The number of hydrogen-bond acceptors (Lipinski definition) is 5. The number of sulfonamides is 1. The first-order valence-electron chi connectivity index (χ1n) is 10.2. The number of furan rings is 1. The summed E-state index contributed by atoms with van der Waals surface area (Å²) in [7, 11) is -3.84. The van der Waals surface area contributed by atoms with E-state index in [0.717, 1.165) is 37.7 Å². The number of hydrogen-bond donors (Lipinski definition) is 1. The summed E-state index contributed by atoms with van der Waals surface area (Å²) in [5, 5.41) is 3.87. The topological polar surface area (TPSA) is 92.0 Å². The normalized spacial score (nSPS) is 15.7. The van der Waals surface area contributed by atoms with Crippen molar-refractivity contribution in [2.45, 2.75) is 63.8 Å². The molecule has 2 aromatic rings. The number of benzene rings is 1. The minimum atomic E-state index is -3.84. The van der Waals surface area contributed by atoms with Gasteiger partial charge >= 0.3 is 0 Å². The molecule has 1 saturated carbocycles. The molecule has 162 valence electrons. The lowest BCUT2D eigenvalue weighted by molar-refractivity contribution is -0.121. The molecule has 8 heteroatoms. The maximum Gasteiger partial charge on any atom is 0.255 e. The smallest absolute Gasteiger partial charge is 0.255 e. The van der Waals surface area contributed by atoms with Crippen LogP contribution < -0.4 is 5.43 Å². The molecule has 1 amide bonds. The van der Waals surface area contributed by atoms with E-state index in [4.69, 9.17) is 4.42 Å². The summed E-state index contributed by atoms with van der Waals surface area (Å²) in [6.45, 7) is 5.29. The third-order valence-electron chi connectivity index (χ3n) is 5.38. The van der Waals surface area contributed by atoms with E-state index in [1.54, 1.807) is 26.0 Å². The van der Waals surface area contributed by atoms with Gasteiger partial charge in [-0.3, -0.25) is 4.79 Å². The molecule has 7 nitrogen and oxygen atoms in total. The molecule has 0 aliphatic heterocycles. The Morgan fingerprint density at radius 3 is 2.47 bits per heavy atom. The van der Waals surface area contributed by atoms with E-state index in [-0.39, 0.29) is 12.6 Å². The quantitative estimate of drug-likeness (QED) is 0.535. The number of nitrogens with zero attached hydrogens (tertiary/aromatic N) is 2. The van der Waals surface area contributed by atoms with Crippen LogP contribution in [-0.4, -0.2) is 37.4 Å². The highest BCUT2D eigenvalue weighted by Crippen LogP contribution is 2.31. The molecular weight excluding hydrogens is 402 g/mol. The second-order valence-electron chi connectivity index (χ2n) is 7.88. The predicted molar refractivity (Wildman–Crippen MR) is 116 cm³/mol. The maximum absolute atomic E-state index is 13.7. The lowest BCUT2D eigenvalue weighted by Gasteiger charge is -2.33. The zero-order chi connectivity index (χ0) is 21.7. The number of carbonyl (C=O) groups excluding carboxylic acids is 1. The first-order chi connectivity index (χ1) is 14.3. The molecule has 0 bridgehead atoms.